The summed E-state index contributed by atoms with van der Waals surface area (Å²) in [4.78, 5) is 0. The first-order valence-electron chi connectivity index (χ1n) is 12.0. The van der Waals surface area contributed by atoms with Gasteiger partial charge in [0.05, 0.1) is 0 Å². The molecule has 0 saturated carbocycles. The van der Waals surface area contributed by atoms with Crippen LogP contribution in [0.2, 0.25) is 0 Å². The van der Waals surface area contributed by atoms with E-state index < -0.39 is 0 Å². The van der Waals surface area contributed by atoms with Crippen molar-refractivity contribution in [1.82, 2.24) is 0 Å². The van der Waals surface area contributed by atoms with Crippen LogP contribution in [0.25, 0.3) is 39.6 Å². The van der Waals surface area contributed by atoms with Crippen LogP contribution in [0.5, 0.6) is 0 Å². The van der Waals surface area contributed by atoms with Crippen LogP contribution < -0.4 is 0 Å². The van der Waals surface area contributed by atoms with Crippen molar-refractivity contribution in [3.63, 3.8) is 0 Å². The monoisotopic (exact) mass is 434 g/mol. The fourth-order valence-corrected chi connectivity index (χ4v) is 3.74. The van der Waals surface area contributed by atoms with E-state index in [9.17, 15) is 0 Å². The first-order chi connectivity index (χ1) is 16.1. The third kappa shape index (κ3) is 6.80. The van der Waals surface area contributed by atoms with Gasteiger partial charge in [0.15, 0.2) is 0 Å². The molecule has 0 N–H and O–H groups in total. The molecule has 3 aromatic rings. The van der Waals surface area contributed by atoms with Crippen LogP contribution in [0.3, 0.4) is 0 Å². The average Bonchev–Trinajstić information content (AvgIpc) is 2.88. The van der Waals surface area contributed by atoms with Gasteiger partial charge in [0.25, 0.3) is 0 Å². The lowest BCUT2D eigenvalue weighted by Gasteiger charge is -2.15. The molecule has 0 atom stereocenters. The molecule has 3 aromatic carbocycles. The summed E-state index contributed by atoms with van der Waals surface area (Å²) in [5, 5.41) is 2.47. The zero-order valence-electron chi connectivity index (χ0n) is 20.8. The molecular weight excluding hydrogens is 396 g/mol. The molecule has 0 aromatic heterocycles. The number of allylic oxidation sites excluding steroid dienone is 6. The zero-order chi connectivity index (χ0) is 24.1. The Bertz CT molecular complexity index is 1130. The van der Waals surface area contributed by atoms with Gasteiger partial charge in [-0.25, -0.2) is 0 Å². The van der Waals surface area contributed by atoms with E-state index in [1.54, 1.807) is 0 Å². The Labute approximate surface area is 201 Å². The second-order valence-electron chi connectivity index (χ2n) is 7.97. The number of rotatable bonds is 4. The van der Waals surface area contributed by atoms with Crippen LogP contribution in [0.15, 0.2) is 98.1 Å². The highest BCUT2D eigenvalue weighted by molar-refractivity contribution is 6.03. The van der Waals surface area contributed by atoms with E-state index in [0.29, 0.717) is 0 Å². The Balaban J connectivity index is 0.000000489. The molecule has 0 spiro atoms. The van der Waals surface area contributed by atoms with Gasteiger partial charge in [-0.1, -0.05) is 124 Å². The van der Waals surface area contributed by atoms with Gasteiger partial charge in [0.1, 0.15) is 0 Å². The molecule has 33 heavy (non-hydrogen) atoms. The Morgan fingerprint density at radius 2 is 1.45 bits per heavy atom. The summed E-state index contributed by atoms with van der Waals surface area (Å²) in [6.07, 6.45) is 18.2. The van der Waals surface area contributed by atoms with E-state index in [1.807, 2.05) is 38.2 Å². The molecule has 0 bridgehead atoms. The fraction of sp³-hybridized carbons (Fsp3) is 0.212. The summed E-state index contributed by atoms with van der Waals surface area (Å²) in [6, 6.07) is 19.6. The molecule has 0 amide bonds. The Hall–Kier alpha value is -3.38. The third-order valence-electron chi connectivity index (χ3n) is 5.38. The van der Waals surface area contributed by atoms with E-state index in [4.69, 9.17) is 0 Å². The SMILES string of the molecule is C=Cc1cc2ccccc2c(-c2ccc(C3=CCCC=C3)cc2)c1C=C.CC=CC.CCC. The molecule has 1 aliphatic rings. The molecule has 0 unspecified atom stereocenters. The second kappa shape index (κ2) is 13.9. The Morgan fingerprint density at radius 1 is 0.818 bits per heavy atom. The topological polar surface area (TPSA) is 0 Å². The van der Waals surface area contributed by atoms with Gasteiger partial charge in [-0.05, 0) is 76.9 Å². The quantitative estimate of drug-likeness (QED) is 0.358. The van der Waals surface area contributed by atoms with Gasteiger partial charge in [-0.3, -0.25) is 0 Å². The summed E-state index contributed by atoms with van der Waals surface area (Å²) in [7, 11) is 0. The van der Waals surface area contributed by atoms with E-state index in [2.05, 4.69) is 99.8 Å². The standard InChI is InChI=1S/C26H22.C4H8.C3H8/c1-3-19-18-23-12-8-9-13-25(23)26(24(19)4-2)22-16-14-21(15-17-22)20-10-6-5-7-11-20;1-3-4-2;1-3-2/h3-4,6,8-18H,1-2,5,7H2;3-4H,1-2H3;3H2,1-2H3. The minimum atomic E-state index is 1.12. The molecule has 0 aliphatic heterocycles. The van der Waals surface area contributed by atoms with E-state index in [1.165, 1.54) is 39.5 Å². The molecule has 0 heteroatoms. The number of benzene rings is 3. The lowest BCUT2D eigenvalue weighted by atomic mass is 9.88. The molecule has 0 radical (unpaired) electrons. The van der Waals surface area contributed by atoms with E-state index >= 15 is 0 Å². The second-order valence-corrected chi connectivity index (χ2v) is 7.97. The van der Waals surface area contributed by atoms with Crippen molar-refractivity contribution in [1.29, 1.82) is 0 Å². The van der Waals surface area contributed by atoms with Crippen molar-refractivity contribution in [2.24, 2.45) is 0 Å². The van der Waals surface area contributed by atoms with Crippen LogP contribution in [-0.2, 0) is 0 Å². The van der Waals surface area contributed by atoms with Gasteiger partial charge >= 0.3 is 0 Å². The molecule has 4 rings (SSSR count). The predicted molar refractivity (Wildman–Crippen MR) is 152 cm³/mol. The highest BCUT2D eigenvalue weighted by Gasteiger charge is 2.12. The summed E-state index contributed by atoms with van der Waals surface area (Å²) < 4.78 is 0. The maximum Gasteiger partial charge on any atom is -0.00270 e. The van der Waals surface area contributed by atoms with E-state index in [0.717, 1.165) is 24.0 Å². The number of hydrogen-bond acceptors (Lipinski definition) is 0. The Morgan fingerprint density at radius 3 is 2.00 bits per heavy atom. The normalized spacial score (nSPS) is 12.3. The summed E-state index contributed by atoms with van der Waals surface area (Å²) >= 11 is 0. The third-order valence-corrected chi connectivity index (χ3v) is 5.38. The maximum atomic E-state index is 4.06. The molecule has 0 heterocycles. The van der Waals surface area contributed by atoms with Gasteiger partial charge < -0.3 is 0 Å². The lowest BCUT2D eigenvalue weighted by molar-refractivity contribution is 1.04. The predicted octanol–water partition coefficient (Wildman–Crippen LogP) is 10.5. The van der Waals surface area contributed by atoms with Crippen LogP contribution in [0, 0.1) is 0 Å². The maximum absolute atomic E-state index is 4.06. The zero-order valence-corrected chi connectivity index (χ0v) is 20.8. The highest BCUT2D eigenvalue weighted by Crippen LogP contribution is 2.36. The van der Waals surface area contributed by atoms with Crippen LogP contribution in [0.1, 0.15) is 63.6 Å². The molecule has 0 nitrogen and oxygen atoms in total. The van der Waals surface area contributed by atoms with Crippen molar-refractivity contribution in [2.45, 2.75) is 47.0 Å². The minimum Gasteiger partial charge on any atom is -0.0984 e. The summed E-state index contributed by atoms with van der Waals surface area (Å²) in [5.41, 5.74) is 7.29. The molecule has 170 valence electrons. The van der Waals surface area contributed by atoms with Crippen LogP contribution >= 0.6 is 0 Å². The van der Waals surface area contributed by atoms with Gasteiger partial charge in [-0.15, -0.1) is 0 Å². The van der Waals surface area contributed by atoms with Crippen LogP contribution in [0.4, 0.5) is 0 Å². The average molecular weight is 435 g/mol. The molecular formula is C33H38. The largest absolute Gasteiger partial charge is 0.0984 e. The number of fused-ring (bicyclic) bond motifs is 1. The van der Waals surface area contributed by atoms with Gasteiger partial charge in [-0.2, -0.15) is 0 Å². The minimum absolute atomic E-state index is 1.12. The van der Waals surface area contributed by atoms with Crippen molar-refractivity contribution in [3.05, 3.63) is 115 Å². The first kappa shape index (κ1) is 25.9. The smallest absolute Gasteiger partial charge is 0.00270 e. The highest BCUT2D eigenvalue weighted by atomic mass is 14.2. The first-order valence-corrected chi connectivity index (χ1v) is 12.0. The fourth-order valence-electron chi connectivity index (χ4n) is 3.74. The van der Waals surface area contributed by atoms with Crippen LogP contribution in [-0.4, -0.2) is 0 Å². The van der Waals surface area contributed by atoms with Gasteiger partial charge in [0, 0.05) is 0 Å². The Kier molecular flexibility index (Phi) is 10.9. The number of hydrogen-bond donors (Lipinski definition) is 0. The summed E-state index contributed by atoms with van der Waals surface area (Å²) in [5.74, 6) is 0. The van der Waals surface area contributed by atoms with Crippen molar-refractivity contribution < 1.29 is 0 Å². The van der Waals surface area contributed by atoms with Crippen molar-refractivity contribution >= 4 is 28.5 Å². The lowest BCUT2D eigenvalue weighted by Crippen LogP contribution is -1.92. The van der Waals surface area contributed by atoms with E-state index in [-0.39, 0.29) is 0 Å². The van der Waals surface area contributed by atoms with Crippen molar-refractivity contribution in [2.75, 3.05) is 0 Å². The molecule has 1 aliphatic carbocycles. The van der Waals surface area contributed by atoms with Gasteiger partial charge in [0.2, 0.25) is 0 Å². The van der Waals surface area contributed by atoms with Crippen molar-refractivity contribution in [3.8, 4) is 11.1 Å². The summed E-state index contributed by atoms with van der Waals surface area (Å²) in [6.45, 7) is 16.3. The molecule has 0 fully saturated rings. The molecule has 0 saturated heterocycles.